The van der Waals surface area contributed by atoms with Crippen LogP contribution >= 0.6 is 0 Å². The standard InChI is InChI=1S/C27H33FN2O3/c1-26(2)11-8-19-14-21(17-4-6-20(32-3)7-5-17)24(28)15-22(19)27(26,33-25(29)31)23-16-30-12-9-18(23)10-13-30/h4-7,14-15,18,23H,8-13,16H2,1-3H3,(H2,29,31)/t23-,27-/m1/s1. The van der Waals surface area contributed by atoms with Crippen LogP contribution in [0.25, 0.3) is 11.1 Å². The number of nitrogens with two attached hydrogens (primary N) is 1. The molecule has 2 bridgehead atoms. The number of carbonyl (C=O) groups excluding carboxylic acids is 1. The molecule has 176 valence electrons. The molecule has 0 unspecified atom stereocenters. The zero-order chi connectivity index (χ0) is 23.4. The number of primary amides is 1. The lowest BCUT2D eigenvalue weighted by Gasteiger charge is -2.59. The molecule has 6 rings (SSSR count). The van der Waals surface area contributed by atoms with Crippen LogP contribution in [0.1, 0.15) is 44.2 Å². The van der Waals surface area contributed by atoms with Gasteiger partial charge in [0.1, 0.15) is 17.2 Å². The number of halogens is 1. The van der Waals surface area contributed by atoms with Gasteiger partial charge in [-0.15, -0.1) is 0 Å². The number of fused-ring (bicyclic) bond motifs is 4. The highest BCUT2D eigenvalue weighted by Gasteiger charge is 2.61. The van der Waals surface area contributed by atoms with E-state index in [1.54, 1.807) is 13.2 Å². The highest BCUT2D eigenvalue weighted by atomic mass is 19.1. The van der Waals surface area contributed by atoms with Gasteiger partial charge in [-0.05, 0) is 80.1 Å². The number of hydrogen-bond donors (Lipinski definition) is 1. The van der Waals surface area contributed by atoms with E-state index in [4.69, 9.17) is 15.2 Å². The van der Waals surface area contributed by atoms with Crippen molar-refractivity contribution < 1.29 is 18.7 Å². The van der Waals surface area contributed by atoms with E-state index in [1.807, 2.05) is 30.3 Å². The number of amides is 1. The first-order chi connectivity index (χ1) is 15.7. The van der Waals surface area contributed by atoms with Crippen molar-refractivity contribution in [2.45, 2.75) is 45.1 Å². The fourth-order valence-electron chi connectivity index (χ4n) is 6.71. The molecule has 1 aliphatic carbocycles. The molecular formula is C27H33FN2O3. The fourth-order valence-corrected chi connectivity index (χ4v) is 6.71. The number of aryl methyl sites for hydroxylation is 1. The van der Waals surface area contributed by atoms with Gasteiger partial charge in [-0.3, -0.25) is 0 Å². The summed E-state index contributed by atoms with van der Waals surface area (Å²) in [6.45, 7) is 7.29. The molecule has 2 atom stereocenters. The highest BCUT2D eigenvalue weighted by Crippen LogP contribution is 2.59. The Balaban J connectivity index is 1.67. The molecule has 3 saturated heterocycles. The number of nitrogens with zero attached hydrogens (tertiary/aromatic N) is 1. The van der Waals surface area contributed by atoms with Crippen LogP contribution in [0.15, 0.2) is 36.4 Å². The number of carbonyl (C=O) groups is 1. The van der Waals surface area contributed by atoms with E-state index in [0.29, 0.717) is 11.5 Å². The average Bonchev–Trinajstić information content (AvgIpc) is 2.81. The van der Waals surface area contributed by atoms with Gasteiger partial charge in [0.15, 0.2) is 0 Å². The summed E-state index contributed by atoms with van der Waals surface area (Å²) < 4.78 is 27.1. The highest BCUT2D eigenvalue weighted by molar-refractivity contribution is 5.69. The fraction of sp³-hybridized carbons (Fsp3) is 0.519. The minimum Gasteiger partial charge on any atom is -0.497 e. The Labute approximate surface area is 195 Å². The van der Waals surface area contributed by atoms with Crippen molar-refractivity contribution in [3.63, 3.8) is 0 Å². The van der Waals surface area contributed by atoms with Gasteiger partial charge < -0.3 is 20.1 Å². The Morgan fingerprint density at radius 1 is 1.15 bits per heavy atom. The van der Waals surface area contributed by atoms with Crippen molar-refractivity contribution >= 4 is 6.09 Å². The Morgan fingerprint density at radius 2 is 1.85 bits per heavy atom. The molecule has 33 heavy (non-hydrogen) atoms. The quantitative estimate of drug-likeness (QED) is 0.701. The summed E-state index contributed by atoms with van der Waals surface area (Å²) in [7, 11) is 1.61. The number of hydrogen-bond acceptors (Lipinski definition) is 4. The van der Waals surface area contributed by atoms with E-state index >= 15 is 4.39 Å². The smallest absolute Gasteiger partial charge is 0.405 e. The normalized spacial score (nSPS) is 29.9. The van der Waals surface area contributed by atoms with Gasteiger partial charge in [0, 0.05) is 29.0 Å². The second-order valence-corrected chi connectivity index (χ2v) is 10.5. The number of methoxy groups -OCH3 is 1. The molecule has 0 aromatic heterocycles. The molecule has 3 fully saturated rings. The largest absolute Gasteiger partial charge is 0.497 e. The van der Waals surface area contributed by atoms with E-state index < -0.39 is 11.7 Å². The summed E-state index contributed by atoms with van der Waals surface area (Å²) in [6.07, 6.45) is 3.01. The first kappa shape index (κ1) is 22.2. The number of ether oxygens (including phenoxy) is 2. The Hall–Kier alpha value is -2.60. The molecule has 3 heterocycles. The Morgan fingerprint density at radius 3 is 2.42 bits per heavy atom. The molecule has 2 aromatic carbocycles. The van der Waals surface area contributed by atoms with Crippen molar-refractivity contribution in [2.24, 2.45) is 23.0 Å². The molecule has 3 aliphatic heterocycles. The van der Waals surface area contributed by atoms with Crippen molar-refractivity contribution in [3.8, 4) is 16.9 Å². The zero-order valence-electron chi connectivity index (χ0n) is 19.7. The van der Waals surface area contributed by atoms with Gasteiger partial charge in [-0.25, -0.2) is 9.18 Å². The van der Waals surface area contributed by atoms with E-state index in [2.05, 4.69) is 18.7 Å². The molecule has 1 amide bonds. The van der Waals surface area contributed by atoms with Gasteiger partial charge in [0.2, 0.25) is 0 Å². The first-order valence-electron chi connectivity index (χ1n) is 11.9. The van der Waals surface area contributed by atoms with Crippen LogP contribution in [0.4, 0.5) is 9.18 Å². The van der Waals surface area contributed by atoms with Crippen molar-refractivity contribution in [1.82, 2.24) is 4.90 Å². The van der Waals surface area contributed by atoms with Crippen LogP contribution in [0.3, 0.4) is 0 Å². The summed E-state index contributed by atoms with van der Waals surface area (Å²) in [5.74, 6) is 0.946. The Kier molecular flexibility index (Phi) is 5.39. The van der Waals surface area contributed by atoms with E-state index in [1.165, 1.54) is 0 Å². The van der Waals surface area contributed by atoms with Gasteiger partial charge in [-0.2, -0.15) is 0 Å². The summed E-state index contributed by atoms with van der Waals surface area (Å²) in [5.41, 5.74) is 7.57. The van der Waals surface area contributed by atoms with Crippen LogP contribution in [0.2, 0.25) is 0 Å². The van der Waals surface area contributed by atoms with Crippen molar-refractivity contribution in [1.29, 1.82) is 0 Å². The van der Waals surface area contributed by atoms with Crippen LogP contribution < -0.4 is 10.5 Å². The average molecular weight is 453 g/mol. The molecule has 0 radical (unpaired) electrons. The van der Waals surface area contributed by atoms with Crippen LogP contribution in [-0.4, -0.2) is 37.7 Å². The summed E-state index contributed by atoms with van der Waals surface area (Å²) in [5, 5.41) is 0. The lowest BCUT2D eigenvalue weighted by molar-refractivity contribution is -0.173. The molecule has 0 saturated carbocycles. The summed E-state index contributed by atoms with van der Waals surface area (Å²) >= 11 is 0. The van der Waals surface area contributed by atoms with Gasteiger partial charge in [0.05, 0.1) is 7.11 Å². The van der Waals surface area contributed by atoms with Crippen LogP contribution in [0.5, 0.6) is 5.75 Å². The number of piperidine rings is 3. The molecule has 0 spiro atoms. The number of benzene rings is 2. The van der Waals surface area contributed by atoms with E-state index in [-0.39, 0.29) is 17.2 Å². The lowest BCUT2D eigenvalue weighted by atomic mass is 9.53. The predicted octanol–water partition coefficient (Wildman–Crippen LogP) is 5.11. The maximum absolute atomic E-state index is 15.7. The SMILES string of the molecule is COc1ccc(-c2cc3c(cc2F)[C@@](OC(N)=O)([C@@H]2CN4CCC2CC4)C(C)(C)CC3)cc1. The second kappa shape index (κ2) is 8.01. The van der Waals surface area contributed by atoms with Gasteiger partial charge in [0.25, 0.3) is 0 Å². The van der Waals surface area contributed by atoms with Crippen LogP contribution in [-0.2, 0) is 16.8 Å². The molecule has 5 nitrogen and oxygen atoms in total. The second-order valence-electron chi connectivity index (χ2n) is 10.5. The minimum absolute atomic E-state index is 0.0905. The van der Waals surface area contributed by atoms with Gasteiger partial charge >= 0.3 is 6.09 Å². The van der Waals surface area contributed by atoms with E-state index in [0.717, 1.165) is 67.8 Å². The maximum atomic E-state index is 15.7. The van der Waals surface area contributed by atoms with Crippen LogP contribution in [0, 0.1) is 23.1 Å². The molecule has 6 heteroatoms. The third-order valence-electron chi connectivity index (χ3n) is 8.46. The topological polar surface area (TPSA) is 64.8 Å². The molecule has 2 aromatic rings. The van der Waals surface area contributed by atoms with Gasteiger partial charge in [-0.1, -0.05) is 26.0 Å². The zero-order valence-corrected chi connectivity index (χ0v) is 19.7. The molecule has 4 aliphatic rings. The number of rotatable bonds is 4. The monoisotopic (exact) mass is 452 g/mol. The lowest BCUT2D eigenvalue weighted by Crippen LogP contribution is -2.62. The third-order valence-corrected chi connectivity index (χ3v) is 8.46. The minimum atomic E-state index is -0.949. The van der Waals surface area contributed by atoms with E-state index in [9.17, 15) is 4.79 Å². The Bertz CT molecular complexity index is 1060. The van der Waals surface area contributed by atoms with Crippen molar-refractivity contribution in [2.75, 3.05) is 26.7 Å². The van der Waals surface area contributed by atoms with Crippen molar-refractivity contribution in [3.05, 3.63) is 53.3 Å². The molecule has 2 N–H and O–H groups in total. The first-order valence-corrected chi connectivity index (χ1v) is 11.9. The summed E-state index contributed by atoms with van der Waals surface area (Å²) in [4.78, 5) is 14.8. The molecular weight excluding hydrogens is 419 g/mol. The summed E-state index contributed by atoms with van der Waals surface area (Å²) in [6, 6.07) is 11.0. The third kappa shape index (κ3) is 3.50. The maximum Gasteiger partial charge on any atom is 0.405 e. The predicted molar refractivity (Wildman–Crippen MR) is 125 cm³/mol.